The van der Waals surface area contributed by atoms with Crippen molar-refractivity contribution in [2.24, 2.45) is 5.41 Å². The summed E-state index contributed by atoms with van der Waals surface area (Å²) in [5, 5.41) is 25.9. The van der Waals surface area contributed by atoms with E-state index >= 15 is 0 Å². The van der Waals surface area contributed by atoms with E-state index in [0.29, 0.717) is 0 Å². The van der Waals surface area contributed by atoms with Gasteiger partial charge in [-0.2, -0.15) is 0 Å². The van der Waals surface area contributed by atoms with Crippen molar-refractivity contribution in [1.29, 1.82) is 0 Å². The van der Waals surface area contributed by atoms with Gasteiger partial charge in [-0.1, -0.05) is 6.92 Å². The van der Waals surface area contributed by atoms with E-state index in [9.17, 15) is 28.8 Å². The average molecular weight is 344 g/mol. The lowest BCUT2D eigenvalue weighted by molar-refractivity contribution is -0.141. The molecule has 134 valence electrons. The van der Waals surface area contributed by atoms with Gasteiger partial charge in [-0.25, -0.2) is 0 Å². The van der Waals surface area contributed by atoms with Crippen molar-refractivity contribution in [3.8, 4) is 0 Å². The Balaban J connectivity index is 5.32. The van der Waals surface area contributed by atoms with E-state index in [4.69, 9.17) is 15.3 Å². The van der Waals surface area contributed by atoms with Gasteiger partial charge in [0.15, 0.2) is 0 Å². The fraction of sp³-hybridized carbons (Fsp3) is 0.600. The highest BCUT2D eigenvalue weighted by Crippen LogP contribution is 2.37. The van der Waals surface area contributed by atoms with Gasteiger partial charge < -0.3 is 15.3 Å². The van der Waals surface area contributed by atoms with E-state index in [1.165, 1.54) is 0 Å². The molecule has 0 aliphatic carbocycles. The van der Waals surface area contributed by atoms with Gasteiger partial charge >= 0.3 is 17.9 Å². The van der Waals surface area contributed by atoms with Crippen LogP contribution in [0.4, 0.5) is 0 Å². The molecule has 24 heavy (non-hydrogen) atoms. The number of rotatable bonds is 13. The van der Waals surface area contributed by atoms with Crippen molar-refractivity contribution < 1.29 is 44.1 Å². The van der Waals surface area contributed by atoms with Crippen LogP contribution in [0.1, 0.15) is 51.9 Å². The quantitative estimate of drug-likeness (QED) is 0.408. The predicted octanol–water partition coefficient (Wildman–Crippen LogP) is 0.685. The van der Waals surface area contributed by atoms with Gasteiger partial charge in [0.2, 0.25) is 0 Å². The minimum absolute atomic E-state index is 0.120. The first-order valence-corrected chi connectivity index (χ1v) is 7.20. The average Bonchev–Trinajstić information content (AvgIpc) is 2.34. The Morgan fingerprint density at radius 3 is 1.04 bits per heavy atom. The molecule has 3 N–H and O–H groups in total. The molecule has 0 rings (SSSR count). The van der Waals surface area contributed by atoms with E-state index in [2.05, 4.69) is 0 Å². The fourth-order valence-corrected chi connectivity index (χ4v) is 2.51. The van der Waals surface area contributed by atoms with Crippen molar-refractivity contribution in [2.75, 3.05) is 0 Å². The van der Waals surface area contributed by atoms with Crippen LogP contribution in [0, 0.1) is 5.41 Å². The first kappa shape index (κ1) is 21.4. The summed E-state index contributed by atoms with van der Waals surface area (Å²) >= 11 is 0. The molecule has 0 aromatic rings. The van der Waals surface area contributed by atoms with Crippen LogP contribution in [0.3, 0.4) is 0 Å². The highest BCUT2D eigenvalue weighted by molar-refractivity contribution is 5.99. The van der Waals surface area contributed by atoms with Crippen molar-refractivity contribution in [1.82, 2.24) is 0 Å². The van der Waals surface area contributed by atoms with Crippen molar-refractivity contribution >= 4 is 35.3 Å². The summed E-state index contributed by atoms with van der Waals surface area (Å²) in [6.45, 7) is 1.57. The maximum atomic E-state index is 11.8. The summed E-state index contributed by atoms with van der Waals surface area (Å²) in [6, 6.07) is 0. The minimum Gasteiger partial charge on any atom is -0.481 e. The van der Waals surface area contributed by atoms with Crippen LogP contribution in [0.5, 0.6) is 0 Å². The number of hydrogen-bond acceptors (Lipinski definition) is 6. The third kappa shape index (κ3) is 8.76. The van der Waals surface area contributed by atoms with E-state index < -0.39 is 79.2 Å². The maximum absolute atomic E-state index is 11.8. The Kier molecular flexibility index (Phi) is 8.51. The molecule has 0 saturated carbocycles. The zero-order valence-electron chi connectivity index (χ0n) is 13.2. The zero-order valence-corrected chi connectivity index (χ0v) is 13.2. The van der Waals surface area contributed by atoms with Crippen LogP contribution >= 0.6 is 0 Å². The summed E-state index contributed by atoms with van der Waals surface area (Å²) in [5.74, 6) is -6.22. The molecule has 0 amide bonds. The van der Waals surface area contributed by atoms with Crippen LogP contribution in [-0.2, 0) is 28.8 Å². The van der Waals surface area contributed by atoms with Gasteiger partial charge in [0.25, 0.3) is 0 Å². The van der Waals surface area contributed by atoms with Gasteiger partial charge in [-0.05, 0) is 11.8 Å². The zero-order chi connectivity index (χ0) is 18.9. The second-order valence-corrected chi connectivity index (χ2v) is 5.71. The molecule has 9 heteroatoms. The van der Waals surface area contributed by atoms with Crippen molar-refractivity contribution in [3.05, 3.63) is 0 Å². The van der Waals surface area contributed by atoms with Crippen LogP contribution < -0.4 is 0 Å². The van der Waals surface area contributed by atoms with Gasteiger partial charge in [0.1, 0.15) is 36.6 Å². The van der Waals surface area contributed by atoms with Crippen molar-refractivity contribution in [3.63, 3.8) is 0 Å². The number of carbonyl (C=O) groups is 6. The Morgan fingerprint density at radius 2 is 0.875 bits per heavy atom. The van der Waals surface area contributed by atoms with Gasteiger partial charge in [-0.15, -0.1) is 0 Å². The summed E-state index contributed by atoms with van der Waals surface area (Å²) in [5.41, 5.74) is -1.27. The molecule has 0 aromatic carbocycles. The molecule has 0 radical (unpaired) electrons. The van der Waals surface area contributed by atoms with E-state index in [1.807, 2.05) is 0 Å². The highest BCUT2D eigenvalue weighted by atomic mass is 16.4. The van der Waals surface area contributed by atoms with E-state index in [0.717, 1.165) is 0 Å². The normalized spacial score (nSPS) is 10.9. The number of ketones is 3. The number of aliphatic carboxylic acids is 3. The molecule has 0 spiro atoms. The molecular formula is C15H20O9. The lowest BCUT2D eigenvalue weighted by Gasteiger charge is -2.30. The molecule has 0 aliphatic rings. The molecule has 0 fully saturated rings. The molecule has 0 saturated heterocycles. The van der Waals surface area contributed by atoms with E-state index in [1.54, 1.807) is 6.92 Å². The SMILES string of the molecule is CCC(CC(=O)CC(=O)O)(CC(=O)CC(=O)O)CC(=O)CC(=O)O. The number of Topliss-reactive ketones (excluding diaryl/α,β-unsaturated/α-hetero) is 3. The van der Waals surface area contributed by atoms with Crippen LogP contribution in [0.2, 0.25) is 0 Å². The highest BCUT2D eigenvalue weighted by Gasteiger charge is 2.36. The van der Waals surface area contributed by atoms with E-state index in [-0.39, 0.29) is 6.42 Å². The Hall–Kier alpha value is -2.58. The molecular weight excluding hydrogens is 324 g/mol. The summed E-state index contributed by atoms with van der Waals surface area (Å²) in [7, 11) is 0. The lowest BCUT2D eigenvalue weighted by atomic mass is 9.71. The molecule has 0 bridgehead atoms. The predicted molar refractivity (Wildman–Crippen MR) is 78.4 cm³/mol. The number of hydrogen-bond donors (Lipinski definition) is 3. The number of carboxylic acid groups (broad SMARTS) is 3. The van der Waals surface area contributed by atoms with Gasteiger partial charge in [0.05, 0.1) is 0 Å². The van der Waals surface area contributed by atoms with Gasteiger partial charge in [-0.3, -0.25) is 28.8 Å². The summed E-state index contributed by atoms with van der Waals surface area (Å²) < 4.78 is 0. The summed E-state index contributed by atoms with van der Waals surface area (Å²) in [6.07, 6.45) is -3.48. The monoisotopic (exact) mass is 344 g/mol. The third-order valence-electron chi connectivity index (χ3n) is 3.51. The fourth-order valence-electron chi connectivity index (χ4n) is 2.51. The van der Waals surface area contributed by atoms with Gasteiger partial charge in [0, 0.05) is 19.3 Å². The molecule has 0 aromatic heterocycles. The second-order valence-electron chi connectivity index (χ2n) is 5.71. The van der Waals surface area contributed by atoms with Crippen LogP contribution in [0.15, 0.2) is 0 Å². The molecule has 0 atom stereocenters. The Morgan fingerprint density at radius 1 is 0.625 bits per heavy atom. The largest absolute Gasteiger partial charge is 0.481 e. The second kappa shape index (κ2) is 9.53. The standard InChI is InChI=1S/C15H20O9/c1-2-15(6-9(16)3-12(19)20,7-10(17)4-13(21)22)8-11(18)5-14(23)24/h2-8H2,1H3,(H,19,20)(H,21,22)(H,23,24). The molecule has 0 unspecified atom stereocenters. The number of carbonyl (C=O) groups excluding carboxylic acids is 3. The van der Waals surface area contributed by atoms with Crippen molar-refractivity contribution in [2.45, 2.75) is 51.9 Å². The van der Waals surface area contributed by atoms with Crippen LogP contribution in [0.25, 0.3) is 0 Å². The van der Waals surface area contributed by atoms with Crippen LogP contribution in [-0.4, -0.2) is 50.6 Å². The molecule has 0 aliphatic heterocycles. The topological polar surface area (TPSA) is 163 Å². The Labute approximate surface area is 137 Å². The molecule has 9 nitrogen and oxygen atoms in total. The smallest absolute Gasteiger partial charge is 0.310 e. The molecule has 0 heterocycles. The third-order valence-corrected chi connectivity index (χ3v) is 3.51. The lowest BCUT2D eigenvalue weighted by Crippen LogP contribution is -2.31. The maximum Gasteiger partial charge on any atom is 0.310 e. The minimum atomic E-state index is -1.36. The Bertz CT molecular complexity index is 473. The summed E-state index contributed by atoms with van der Waals surface area (Å²) in [4.78, 5) is 67.2. The number of carboxylic acids is 3. The first-order valence-electron chi connectivity index (χ1n) is 7.20. The first-order chi connectivity index (χ1) is 11.0.